The molecule has 2 saturated carbocycles. The quantitative estimate of drug-likeness (QED) is 0.371. The van der Waals surface area contributed by atoms with Gasteiger partial charge in [0.25, 0.3) is 5.91 Å². The van der Waals surface area contributed by atoms with Gasteiger partial charge in [0.2, 0.25) is 5.95 Å². The molecule has 1 amide bonds. The number of carbonyl (C=O) groups excluding carboxylic acids is 1. The number of nitrogens with one attached hydrogen (secondary N) is 2. The van der Waals surface area contributed by atoms with Gasteiger partial charge in [-0.05, 0) is 79.4 Å². The molecule has 9 nitrogen and oxygen atoms in total. The van der Waals surface area contributed by atoms with Gasteiger partial charge >= 0.3 is 0 Å². The van der Waals surface area contributed by atoms with Crippen molar-refractivity contribution in [2.75, 3.05) is 23.7 Å². The summed E-state index contributed by atoms with van der Waals surface area (Å²) >= 11 is 3.52. The summed E-state index contributed by atoms with van der Waals surface area (Å²) in [5.74, 6) is 1.54. The molecule has 3 heterocycles. The van der Waals surface area contributed by atoms with Gasteiger partial charge in [0.1, 0.15) is 0 Å². The van der Waals surface area contributed by atoms with E-state index in [-0.39, 0.29) is 11.9 Å². The zero-order valence-corrected chi connectivity index (χ0v) is 23.4. The summed E-state index contributed by atoms with van der Waals surface area (Å²) in [5.41, 5.74) is 8.59. The average Bonchev–Trinajstić information content (AvgIpc) is 3.61. The van der Waals surface area contributed by atoms with Crippen LogP contribution in [0.1, 0.15) is 80.6 Å². The van der Waals surface area contributed by atoms with Crippen molar-refractivity contribution in [3.63, 3.8) is 0 Å². The summed E-state index contributed by atoms with van der Waals surface area (Å²) in [6, 6.07) is 8.95. The lowest BCUT2D eigenvalue weighted by Gasteiger charge is -2.33. The van der Waals surface area contributed by atoms with Crippen LogP contribution < -0.4 is 16.4 Å². The topological polar surface area (TPSA) is 114 Å². The molecule has 202 valence electrons. The van der Waals surface area contributed by atoms with Crippen molar-refractivity contribution < 1.29 is 4.79 Å². The van der Waals surface area contributed by atoms with Gasteiger partial charge in [-0.25, -0.2) is 4.98 Å². The van der Waals surface area contributed by atoms with E-state index in [2.05, 4.69) is 31.1 Å². The van der Waals surface area contributed by atoms with Gasteiger partial charge in [-0.3, -0.25) is 4.79 Å². The van der Waals surface area contributed by atoms with Gasteiger partial charge in [0.15, 0.2) is 17.0 Å². The van der Waals surface area contributed by atoms with E-state index >= 15 is 0 Å². The van der Waals surface area contributed by atoms with Crippen LogP contribution in [0.5, 0.6) is 0 Å². The summed E-state index contributed by atoms with van der Waals surface area (Å²) in [7, 11) is 0. The number of benzene rings is 1. The first-order chi connectivity index (χ1) is 18.5. The number of amides is 1. The highest BCUT2D eigenvalue weighted by Crippen LogP contribution is 2.34. The Hall–Kier alpha value is -2.72. The van der Waals surface area contributed by atoms with Crippen molar-refractivity contribution in [3.8, 4) is 0 Å². The first kappa shape index (κ1) is 25.6. The molecule has 0 radical (unpaired) electrons. The van der Waals surface area contributed by atoms with Gasteiger partial charge in [-0.15, -0.1) is 0 Å². The molecule has 38 heavy (non-hydrogen) atoms. The minimum Gasteiger partial charge on any atom is -0.365 e. The zero-order valence-electron chi connectivity index (χ0n) is 21.8. The summed E-state index contributed by atoms with van der Waals surface area (Å²) in [5, 5.41) is 7.30. The Morgan fingerprint density at radius 1 is 0.921 bits per heavy atom. The van der Waals surface area contributed by atoms with Crippen molar-refractivity contribution in [2.45, 2.75) is 88.4 Å². The predicted molar refractivity (Wildman–Crippen MR) is 153 cm³/mol. The number of piperidine rings is 1. The standard InChI is InChI=1S/C28H37BrN8O/c29-23-8-4-3-7-22(23)27(38)36-15-13-20(14-16-36)32-25-24-26(37(17-31-24)21-5-1-2-6-21)35-28(34-25)33-19-11-9-18(30)10-12-19/h3-4,7-8,17-21H,1-2,5-6,9-16,30H2,(H2,32,33,34,35). The number of aromatic nitrogens is 4. The molecule has 0 atom stereocenters. The Morgan fingerprint density at radius 2 is 1.63 bits per heavy atom. The maximum absolute atomic E-state index is 13.1. The third-order valence-electron chi connectivity index (χ3n) is 8.47. The maximum atomic E-state index is 13.1. The highest BCUT2D eigenvalue weighted by Gasteiger charge is 2.28. The molecule has 10 heteroatoms. The van der Waals surface area contributed by atoms with Crippen molar-refractivity contribution >= 4 is 44.8 Å². The van der Waals surface area contributed by atoms with Gasteiger partial charge in [-0.2, -0.15) is 9.97 Å². The molecule has 1 aliphatic heterocycles. The minimum atomic E-state index is 0.0781. The van der Waals surface area contributed by atoms with E-state index in [9.17, 15) is 4.79 Å². The van der Waals surface area contributed by atoms with Crippen LogP contribution in [0.4, 0.5) is 11.8 Å². The van der Waals surface area contributed by atoms with E-state index in [1.165, 1.54) is 25.7 Å². The van der Waals surface area contributed by atoms with Gasteiger partial charge < -0.3 is 25.8 Å². The molecule has 0 bridgehead atoms. The van der Waals surface area contributed by atoms with E-state index in [1.807, 2.05) is 35.5 Å². The van der Waals surface area contributed by atoms with Crippen molar-refractivity contribution in [2.24, 2.45) is 5.73 Å². The third kappa shape index (κ3) is 5.38. The molecule has 3 fully saturated rings. The van der Waals surface area contributed by atoms with E-state index in [1.54, 1.807) is 0 Å². The Labute approximate surface area is 232 Å². The largest absolute Gasteiger partial charge is 0.365 e. The Morgan fingerprint density at radius 3 is 2.37 bits per heavy atom. The van der Waals surface area contributed by atoms with Crippen LogP contribution >= 0.6 is 15.9 Å². The molecule has 4 N–H and O–H groups in total. The molecule has 3 aliphatic rings. The minimum absolute atomic E-state index is 0.0781. The van der Waals surface area contributed by atoms with E-state index < -0.39 is 0 Å². The van der Waals surface area contributed by atoms with Gasteiger partial charge in [0, 0.05) is 41.7 Å². The summed E-state index contributed by atoms with van der Waals surface area (Å²) in [6.45, 7) is 1.41. The number of carbonyl (C=O) groups is 1. The zero-order chi connectivity index (χ0) is 26.1. The first-order valence-electron chi connectivity index (χ1n) is 14.1. The normalized spacial score (nSPS) is 23.2. The molecular formula is C28H37BrN8O. The second-order valence-electron chi connectivity index (χ2n) is 11.1. The number of hydrogen-bond acceptors (Lipinski definition) is 7. The Balaban J connectivity index is 1.20. The Bertz CT molecular complexity index is 1270. The number of hydrogen-bond donors (Lipinski definition) is 3. The van der Waals surface area contributed by atoms with Crippen LogP contribution in [-0.4, -0.2) is 61.5 Å². The number of likely N-dealkylation sites (tertiary alicyclic amines) is 1. The molecule has 1 saturated heterocycles. The molecule has 0 unspecified atom stereocenters. The highest BCUT2D eigenvalue weighted by molar-refractivity contribution is 9.10. The van der Waals surface area contributed by atoms with Crippen molar-refractivity contribution in [3.05, 3.63) is 40.6 Å². The van der Waals surface area contributed by atoms with E-state index in [0.717, 1.165) is 60.0 Å². The average molecular weight is 582 g/mol. The summed E-state index contributed by atoms with van der Waals surface area (Å²) < 4.78 is 3.10. The maximum Gasteiger partial charge on any atom is 0.254 e. The van der Waals surface area contributed by atoms with Gasteiger partial charge in [-0.1, -0.05) is 25.0 Å². The number of halogens is 1. The van der Waals surface area contributed by atoms with Crippen LogP contribution in [0.3, 0.4) is 0 Å². The second-order valence-corrected chi connectivity index (χ2v) is 12.0. The monoisotopic (exact) mass is 580 g/mol. The SMILES string of the molecule is NC1CCC(Nc2nc(NC3CCN(C(=O)c4ccccc4Br)CC3)c3ncn(C4CCCC4)c3n2)CC1. The van der Waals surface area contributed by atoms with Crippen LogP contribution in [0, 0.1) is 0 Å². The number of fused-ring (bicyclic) bond motifs is 1. The second kappa shape index (κ2) is 11.2. The van der Waals surface area contributed by atoms with Crippen LogP contribution in [0.25, 0.3) is 11.2 Å². The Kier molecular flexibility index (Phi) is 7.52. The van der Waals surface area contributed by atoms with Crippen LogP contribution in [-0.2, 0) is 0 Å². The molecule has 2 aliphatic carbocycles. The number of imidazole rings is 1. The van der Waals surface area contributed by atoms with E-state index in [0.29, 0.717) is 42.7 Å². The molecule has 2 aromatic heterocycles. The lowest BCUT2D eigenvalue weighted by molar-refractivity contribution is 0.0717. The van der Waals surface area contributed by atoms with Crippen LogP contribution in [0.15, 0.2) is 35.1 Å². The molecule has 1 aromatic carbocycles. The highest BCUT2D eigenvalue weighted by atomic mass is 79.9. The number of nitrogens with zero attached hydrogens (tertiary/aromatic N) is 5. The molecule has 3 aromatic rings. The number of nitrogens with two attached hydrogens (primary N) is 1. The lowest BCUT2D eigenvalue weighted by Crippen LogP contribution is -2.42. The first-order valence-corrected chi connectivity index (χ1v) is 14.9. The lowest BCUT2D eigenvalue weighted by atomic mass is 9.92. The summed E-state index contributed by atoms with van der Waals surface area (Å²) in [6.07, 6.45) is 12.6. The van der Waals surface area contributed by atoms with Crippen LogP contribution in [0.2, 0.25) is 0 Å². The fourth-order valence-electron chi connectivity index (χ4n) is 6.20. The molecule has 0 spiro atoms. The number of anilines is 2. The smallest absolute Gasteiger partial charge is 0.254 e. The molecular weight excluding hydrogens is 544 g/mol. The third-order valence-corrected chi connectivity index (χ3v) is 9.16. The molecule has 6 rings (SSSR count). The number of rotatable bonds is 6. The van der Waals surface area contributed by atoms with Gasteiger partial charge in [0.05, 0.1) is 11.9 Å². The summed E-state index contributed by atoms with van der Waals surface area (Å²) in [4.78, 5) is 29.7. The van der Waals surface area contributed by atoms with Crippen molar-refractivity contribution in [1.82, 2.24) is 24.4 Å². The van der Waals surface area contributed by atoms with Crippen molar-refractivity contribution in [1.29, 1.82) is 0 Å². The predicted octanol–water partition coefficient (Wildman–Crippen LogP) is 5.10. The van der Waals surface area contributed by atoms with E-state index in [4.69, 9.17) is 20.7 Å². The fraction of sp³-hybridized carbons (Fsp3) is 0.571. The fourth-order valence-corrected chi connectivity index (χ4v) is 6.66.